The van der Waals surface area contributed by atoms with Crippen LogP contribution in [0.3, 0.4) is 0 Å². The first-order valence-corrected chi connectivity index (χ1v) is 13.2. The summed E-state index contributed by atoms with van der Waals surface area (Å²) in [7, 11) is -2.83. The van der Waals surface area contributed by atoms with E-state index in [-0.39, 0.29) is 27.4 Å². The molecule has 1 amide bonds. The number of aromatic nitrogens is 3. The van der Waals surface area contributed by atoms with E-state index in [9.17, 15) is 22.4 Å². The second-order valence-electron chi connectivity index (χ2n) is 9.06. The van der Waals surface area contributed by atoms with E-state index in [1.54, 1.807) is 13.1 Å². The lowest BCUT2D eigenvalue weighted by Gasteiger charge is -2.39. The summed E-state index contributed by atoms with van der Waals surface area (Å²) in [5.74, 6) is -1.80. The van der Waals surface area contributed by atoms with Crippen LogP contribution in [-0.2, 0) is 4.43 Å². The van der Waals surface area contributed by atoms with Crippen molar-refractivity contribution in [2.75, 3.05) is 5.32 Å². The van der Waals surface area contributed by atoms with Crippen LogP contribution in [0.15, 0.2) is 30.5 Å². The summed E-state index contributed by atoms with van der Waals surface area (Å²) in [5.41, 5.74) is 0.173. The molecular weight excluding hydrogens is 480 g/mol. The molecule has 6 nitrogen and oxygen atoms in total. The standard InChI is InChI=1S/C21H23ClF4N4O2Si/c1-20(2,3)33(4,5)32-16(21(24,25)26)18-29-15-12(8-9-27-17(15)30-18)19(31)28-11-6-7-14(23)13(22)10-11/h6-10,16H,1-5H3,(H,28,31)(H,27,29,30). The van der Waals surface area contributed by atoms with Gasteiger partial charge in [0.15, 0.2) is 14.0 Å². The maximum Gasteiger partial charge on any atom is 0.420 e. The molecule has 0 spiro atoms. The van der Waals surface area contributed by atoms with Crippen molar-refractivity contribution in [1.82, 2.24) is 15.0 Å². The number of anilines is 1. The van der Waals surface area contributed by atoms with Crippen LogP contribution in [0.5, 0.6) is 0 Å². The van der Waals surface area contributed by atoms with Gasteiger partial charge in [0.2, 0.25) is 6.10 Å². The van der Waals surface area contributed by atoms with Crippen LogP contribution in [0.2, 0.25) is 23.2 Å². The summed E-state index contributed by atoms with van der Waals surface area (Å²) >= 11 is 5.73. The molecule has 3 rings (SSSR count). The zero-order valence-corrected chi connectivity index (χ0v) is 20.3. The Bertz CT molecular complexity index is 1190. The fourth-order valence-corrected chi connectivity index (χ4v) is 4.13. The molecule has 0 aliphatic carbocycles. The van der Waals surface area contributed by atoms with Gasteiger partial charge in [-0.1, -0.05) is 32.4 Å². The molecule has 33 heavy (non-hydrogen) atoms. The number of carbonyl (C=O) groups excluding carboxylic acids is 1. The summed E-state index contributed by atoms with van der Waals surface area (Å²) in [5, 5.41) is 1.88. The van der Waals surface area contributed by atoms with E-state index in [0.29, 0.717) is 0 Å². The lowest BCUT2D eigenvalue weighted by Crippen LogP contribution is -2.44. The Hall–Kier alpha value is -2.50. The van der Waals surface area contributed by atoms with Crippen molar-refractivity contribution >= 4 is 42.7 Å². The molecule has 0 aliphatic heterocycles. The highest BCUT2D eigenvalue weighted by molar-refractivity contribution is 6.74. The van der Waals surface area contributed by atoms with Crippen molar-refractivity contribution in [3.8, 4) is 0 Å². The molecule has 0 aliphatic rings. The third-order valence-electron chi connectivity index (χ3n) is 5.60. The molecule has 1 aromatic carbocycles. The molecule has 178 valence electrons. The molecule has 1 unspecified atom stereocenters. The Morgan fingerprint density at radius 3 is 2.45 bits per heavy atom. The summed E-state index contributed by atoms with van der Waals surface area (Å²) in [6.07, 6.45) is -5.78. The normalized spacial score (nSPS) is 13.9. The van der Waals surface area contributed by atoms with Crippen LogP contribution in [0.1, 0.15) is 43.1 Å². The lowest BCUT2D eigenvalue weighted by atomic mass is 10.2. The molecule has 0 bridgehead atoms. The van der Waals surface area contributed by atoms with E-state index in [1.165, 1.54) is 24.4 Å². The first-order valence-electron chi connectivity index (χ1n) is 9.96. The number of nitrogens with one attached hydrogen (secondary N) is 2. The van der Waals surface area contributed by atoms with Gasteiger partial charge in [0.05, 0.1) is 16.1 Å². The molecule has 12 heteroatoms. The smallest absolute Gasteiger partial charge is 0.400 e. The summed E-state index contributed by atoms with van der Waals surface area (Å²) in [6.45, 7) is 8.91. The van der Waals surface area contributed by atoms with Gasteiger partial charge >= 0.3 is 6.18 Å². The highest BCUT2D eigenvalue weighted by Crippen LogP contribution is 2.44. The van der Waals surface area contributed by atoms with Gasteiger partial charge in [0.1, 0.15) is 11.6 Å². The predicted molar refractivity (Wildman–Crippen MR) is 120 cm³/mol. The maximum atomic E-state index is 14.0. The minimum atomic E-state index is -4.74. The molecule has 2 aromatic heterocycles. The number of H-pyrrole nitrogens is 1. The van der Waals surface area contributed by atoms with Crippen LogP contribution in [0.4, 0.5) is 23.2 Å². The van der Waals surface area contributed by atoms with Gasteiger partial charge in [-0.25, -0.2) is 14.4 Å². The SMILES string of the molecule is CC(C)(C)[Si](C)(C)OC(c1nc2nccc(C(=O)Nc3ccc(F)c(Cl)c3)c2[nH]1)C(F)(F)F. The second-order valence-corrected chi connectivity index (χ2v) is 14.2. The molecule has 2 heterocycles. The van der Waals surface area contributed by atoms with E-state index >= 15 is 0 Å². The Balaban J connectivity index is 1.99. The minimum absolute atomic E-state index is 0.00690. The fraction of sp³-hybridized carbons (Fsp3) is 0.381. The van der Waals surface area contributed by atoms with Crippen LogP contribution in [-0.4, -0.2) is 35.4 Å². The number of rotatable bonds is 5. The Kier molecular flexibility index (Phi) is 6.62. The van der Waals surface area contributed by atoms with E-state index in [4.69, 9.17) is 16.0 Å². The molecule has 0 fully saturated rings. The quantitative estimate of drug-likeness (QED) is 0.303. The first kappa shape index (κ1) is 25.1. The van der Waals surface area contributed by atoms with Gasteiger partial charge in [-0.15, -0.1) is 0 Å². The molecule has 2 N–H and O–H groups in total. The zero-order chi connectivity index (χ0) is 24.8. The van der Waals surface area contributed by atoms with Crippen molar-refractivity contribution in [3.63, 3.8) is 0 Å². The molecule has 0 saturated carbocycles. The molecule has 3 aromatic rings. The van der Waals surface area contributed by atoms with Crippen LogP contribution >= 0.6 is 11.6 Å². The monoisotopic (exact) mass is 502 g/mol. The van der Waals surface area contributed by atoms with Crippen molar-refractivity contribution in [2.45, 2.75) is 51.2 Å². The summed E-state index contributed by atoms with van der Waals surface area (Å²) in [6, 6.07) is 4.95. The average Bonchev–Trinajstić information content (AvgIpc) is 3.11. The Labute approximate surface area is 193 Å². The number of halogens is 5. The lowest BCUT2D eigenvalue weighted by molar-refractivity contribution is -0.203. The number of hydrogen-bond donors (Lipinski definition) is 2. The van der Waals surface area contributed by atoms with Gasteiger partial charge in [0, 0.05) is 11.9 Å². The van der Waals surface area contributed by atoms with Gasteiger partial charge in [-0.2, -0.15) is 13.2 Å². The summed E-state index contributed by atoms with van der Waals surface area (Å²) in [4.78, 5) is 23.3. The molecular formula is C21H23ClF4N4O2Si. The van der Waals surface area contributed by atoms with Crippen molar-refractivity contribution in [3.05, 3.63) is 52.7 Å². The maximum absolute atomic E-state index is 14.0. The van der Waals surface area contributed by atoms with Crippen molar-refractivity contribution in [2.24, 2.45) is 0 Å². The number of aromatic amines is 1. The van der Waals surface area contributed by atoms with E-state index in [0.717, 1.165) is 6.07 Å². The van der Waals surface area contributed by atoms with Crippen molar-refractivity contribution in [1.29, 1.82) is 0 Å². The molecule has 0 saturated heterocycles. The number of amides is 1. The topological polar surface area (TPSA) is 79.9 Å². The minimum Gasteiger partial charge on any atom is -0.400 e. The van der Waals surface area contributed by atoms with E-state index in [2.05, 4.69) is 20.3 Å². The third kappa shape index (κ3) is 5.36. The van der Waals surface area contributed by atoms with Gasteiger partial charge in [0.25, 0.3) is 5.91 Å². The van der Waals surface area contributed by atoms with Crippen molar-refractivity contribution < 1.29 is 26.8 Å². The van der Waals surface area contributed by atoms with E-state index in [1.807, 2.05) is 20.8 Å². The average molecular weight is 503 g/mol. The predicted octanol–water partition coefficient (Wildman–Crippen LogP) is 6.63. The third-order valence-corrected chi connectivity index (χ3v) is 10.3. The highest BCUT2D eigenvalue weighted by Gasteiger charge is 2.50. The number of imidazole rings is 1. The van der Waals surface area contributed by atoms with Gasteiger partial charge in [-0.3, -0.25) is 4.79 Å². The highest BCUT2D eigenvalue weighted by atomic mass is 35.5. The molecule has 1 atom stereocenters. The first-order chi connectivity index (χ1) is 15.1. The zero-order valence-electron chi connectivity index (χ0n) is 18.6. The number of benzene rings is 1. The number of alkyl halides is 3. The van der Waals surface area contributed by atoms with E-state index < -0.39 is 43.2 Å². The summed E-state index contributed by atoms with van der Waals surface area (Å²) < 4.78 is 60.9. The van der Waals surface area contributed by atoms with Crippen LogP contribution in [0.25, 0.3) is 11.2 Å². The Morgan fingerprint density at radius 2 is 1.88 bits per heavy atom. The number of carbonyl (C=O) groups is 1. The largest absolute Gasteiger partial charge is 0.420 e. The second kappa shape index (κ2) is 8.69. The van der Waals surface area contributed by atoms with Crippen LogP contribution < -0.4 is 5.32 Å². The fourth-order valence-electron chi connectivity index (χ4n) is 2.76. The van der Waals surface area contributed by atoms with Gasteiger partial charge in [-0.05, 0) is 42.4 Å². The van der Waals surface area contributed by atoms with Crippen LogP contribution in [0, 0.1) is 5.82 Å². The Morgan fingerprint density at radius 1 is 1.21 bits per heavy atom. The number of fused-ring (bicyclic) bond motifs is 1. The van der Waals surface area contributed by atoms with Gasteiger partial charge < -0.3 is 14.7 Å². The number of hydrogen-bond acceptors (Lipinski definition) is 4. The number of nitrogens with zero attached hydrogens (tertiary/aromatic N) is 2. The molecule has 0 radical (unpaired) electrons. The number of pyridine rings is 1.